The number of piperidine rings is 1. The van der Waals surface area contributed by atoms with E-state index in [2.05, 4.69) is 25.0 Å². The molecule has 2 aromatic carbocycles. The van der Waals surface area contributed by atoms with E-state index in [0.717, 1.165) is 18.4 Å². The second kappa shape index (κ2) is 13.4. The lowest BCUT2D eigenvalue weighted by Gasteiger charge is -2.31. The maximum atomic E-state index is 15.0. The predicted octanol–water partition coefficient (Wildman–Crippen LogP) is 5.26. The number of fused-ring (bicyclic) bond motifs is 1. The van der Waals surface area contributed by atoms with Crippen LogP contribution in [0.2, 0.25) is 0 Å². The van der Waals surface area contributed by atoms with Crippen molar-refractivity contribution in [3.05, 3.63) is 66.2 Å². The summed E-state index contributed by atoms with van der Waals surface area (Å²) in [5.41, 5.74) is 1.64. The van der Waals surface area contributed by atoms with Gasteiger partial charge in [-0.1, -0.05) is 12.1 Å². The van der Waals surface area contributed by atoms with Gasteiger partial charge < -0.3 is 24.8 Å². The zero-order chi connectivity index (χ0) is 31.3. The molecule has 4 aromatic rings. The van der Waals surface area contributed by atoms with E-state index in [0.29, 0.717) is 46.8 Å². The molecule has 1 unspecified atom stereocenters. The van der Waals surface area contributed by atoms with Gasteiger partial charge in [0, 0.05) is 56.0 Å². The zero-order valence-electron chi connectivity index (χ0n) is 24.3. The van der Waals surface area contributed by atoms with E-state index in [4.69, 9.17) is 9.47 Å². The van der Waals surface area contributed by atoms with Crippen LogP contribution in [-0.4, -0.2) is 78.1 Å². The molecule has 14 heteroatoms. The summed E-state index contributed by atoms with van der Waals surface area (Å²) in [6.07, 6.45) is 3.98. The summed E-state index contributed by atoms with van der Waals surface area (Å²) in [6, 6.07) is 11.2. The molecular weight excluding hydrogens is 591 g/mol. The number of aromatic nitrogens is 3. The Balaban J connectivity index is 1.45. The average Bonchev–Trinajstić information content (AvgIpc) is 3.00. The number of hydrogen-bond donors (Lipinski definition) is 3. The predicted molar refractivity (Wildman–Crippen MR) is 164 cm³/mol. The van der Waals surface area contributed by atoms with Crippen molar-refractivity contribution < 1.29 is 32.2 Å². The van der Waals surface area contributed by atoms with Gasteiger partial charge in [0.2, 0.25) is 21.9 Å². The van der Waals surface area contributed by atoms with E-state index in [9.17, 15) is 22.7 Å². The fourth-order valence-corrected chi connectivity index (χ4v) is 6.21. The van der Waals surface area contributed by atoms with Crippen LogP contribution in [0.3, 0.4) is 0 Å². The number of likely N-dealkylation sites (tertiary alicyclic amines) is 1. The largest absolute Gasteiger partial charge is 0.465 e. The molecule has 0 bridgehead atoms. The molecule has 1 fully saturated rings. The third kappa shape index (κ3) is 7.14. The Morgan fingerprint density at radius 1 is 1.14 bits per heavy atom. The number of pyridine rings is 1. The summed E-state index contributed by atoms with van der Waals surface area (Å²) >= 11 is 0. The number of rotatable bonds is 11. The normalized spacial score (nSPS) is 15.2. The minimum Gasteiger partial charge on any atom is -0.465 e. The second-order valence-corrected chi connectivity index (χ2v) is 12.3. The number of aryl methyl sites for hydroxylation is 1. The Morgan fingerprint density at radius 2 is 1.95 bits per heavy atom. The second-order valence-electron chi connectivity index (χ2n) is 10.4. The molecule has 0 saturated carbocycles. The maximum absolute atomic E-state index is 15.0. The lowest BCUT2D eigenvalue weighted by Crippen LogP contribution is -2.44. The number of halogens is 1. The topological polar surface area (TPSA) is 156 Å². The van der Waals surface area contributed by atoms with Crippen molar-refractivity contribution in [2.75, 3.05) is 42.6 Å². The number of carbonyl (C=O) groups is 1. The standard InChI is InChI=1S/C30H33FN6O6S/c1-19-8-9-21-22(10-11-24(31)26(21)36-44(40,41)17-5-16-42-2)27(19)43-28-23(7-3-13-32-28)25-12-14-33-29(35-25)34-20-6-4-15-37(18-20)30(38)39/h3,7-14,20,36H,4-6,15-18H2,1-2H3,(H,38,39)(H,33,34,35). The minimum atomic E-state index is -3.84. The van der Waals surface area contributed by atoms with Crippen molar-refractivity contribution in [3.63, 3.8) is 0 Å². The molecule has 1 atom stereocenters. The van der Waals surface area contributed by atoms with Crippen molar-refractivity contribution in [1.29, 1.82) is 0 Å². The Kier molecular flexibility index (Phi) is 9.40. The molecule has 12 nitrogen and oxygen atoms in total. The molecule has 0 spiro atoms. The number of nitrogens with one attached hydrogen (secondary N) is 2. The van der Waals surface area contributed by atoms with Crippen LogP contribution in [-0.2, 0) is 14.8 Å². The molecule has 0 aliphatic carbocycles. The van der Waals surface area contributed by atoms with Crippen LogP contribution in [0.15, 0.2) is 54.9 Å². The molecule has 3 heterocycles. The van der Waals surface area contributed by atoms with Gasteiger partial charge in [-0.2, -0.15) is 0 Å². The highest BCUT2D eigenvalue weighted by Crippen LogP contribution is 2.39. The number of ether oxygens (including phenoxy) is 2. The highest BCUT2D eigenvalue weighted by molar-refractivity contribution is 7.92. The molecule has 5 rings (SSSR count). The number of methoxy groups -OCH3 is 1. The van der Waals surface area contributed by atoms with E-state index in [1.165, 1.54) is 24.1 Å². The van der Waals surface area contributed by atoms with E-state index < -0.39 is 21.9 Å². The van der Waals surface area contributed by atoms with Gasteiger partial charge in [-0.15, -0.1) is 0 Å². The zero-order valence-corrected chi connectivity index (χ0v) is 25.1. The first-order valence-corrected chi connectivity index (χ1v) is 15.7. The summed E-state index contributed by atoms with van der Waals surface area (Å²) < 4.78 is 54.1. The van der Waals surface area contributed by atoms with Gasteiger partial charge in [-0.3, -0.25) is 4.72 Å². The Hall–Kier alpha value is -4.56. The molecule has 1 aliphatic rings. The minimum absolute atomic E-state index is 0.134. The third-order valence-electron chi connectivity index (χ3n) is 7.24. The summed E-state index contributed by atoms with van der Waals surface area (Å²) in [6.45, 7) is 2.91. The van der Waals surface area contributed by atoms with Crippen molar-refractivity contribution in [3.8, 4) is 22.9 Å². The van der Waals surface area contributed by atoms with Gasteiger partial charge in [-0.25, -0.2) is 32.6 Å². The molecule has 1 aliphatic heterocycles. The molecular formula is C30H33FN6O6S. The van der Waals surface area contributed by atoms with Crippen LogP contribution in [0.4, 0.5) is 20.8 Å². The molecule has 44 heavy (non-hydrogen) atoms. The van der Waals surface area contributed by atoms with Crippen molar-refractivity contribution in [2.24, 2.45) is 0 Å². The van der Waals surface area contributed by atoms with E-state index in [-0.39, 0.29) is 36.4 Å². The number of benzene rings is 2. The molecule has 1 saturated heterocycles. The van der Waals surface area contributed by atoms with Gasteiger partial charge in [0.1, 0.15) is 11.6 Å². The summed E-state index contributed by atoms with van der Waals surface area (Å²) in [5.74, 6) is 0.0110. The SMILES string of the molecule is COCCCS(=O)(=O)Nc1c(F)ccc2c(Oc3ncccc3-c3ccnc(NC4CCCN(C(=O)O)C4)n3)c(C)ccc12. The summed E-state index contributed by atoms with van der Waals surface area (Å²) in [5, 5.41) is 13.4. The van der Waals surface area contributed by atoms with Gasteiger partial charge in [-0.05, 0) is 62.1 Å². The number of hydrogen-bond acceptors (Lipinski definition) is 9. The van der Waals surface area contributed by atoms with Crippen LogP contribution >= 0.6 is 0 Å². The number of anilines is 2. The highest BCUT2D eigenvalue weighted by atomic mass is 32.2. The van der Waals surface area contributed by atoms with Gasteiger partial charge in [0.05, 0.1) is 22.7 Å². The van der Waals surface area contributed by atoms with E-state index in [1.54, 1.807) is 42.7 Å². The Labute approximate surface area is 254 Å². The fourth-order valence-electron chi connectivity index (χ4n) is 5.09. The number of amides is 1. The average molecular weight is 625 g/mol. The maximum Gasteiger partial charge on any atom is 0.407 e. The van der Waals surface area contributed by atoms with Crippen LogP contribution in [0.25, 0.3) is 22.0 Å². The first-order valence-electron chi connectivity index (χ1n) is 14.1. The van der Waals surface area contributed by atoms with Crippen LogP contribution in [0.1, 0.15) is 24.8 Å². The molecule has 2 aromatic heterocycles. The third-order valence-corrected chi connectivity index (χ3v) is 8.58. The molecule has 1 amide bonds. The molecule has 0 radical (unpaired) electrons. The van der Waals surface area contributed by atoms with Gasteiger partial charge >= 0.3 is 6.09 Å². The number of carboxylic acid groups (broad SMARTS) is 1. The van der Waals surface area contributed by atoms with Gasteiger partial charge in [0.15, 0.2) is 0 Å². The summed E-state index contributed by atoms with van der Waals surface area (Å²) in [4.78, 5) is 26.2. The van der Waals surface area contributed by atoms with Crippen LogP contribution in [0, 0.1) is 12.7 Å². The van der Waals surface area contributed by atoms with Crippen LogP contribution in [0.5, 0.6) is 11.6 Å². The van der Waals surface area contributed by atoms with E-state index >= 15 is 0 Å². The Bertz CT molecular complexity index is 1770. The van der Waals surface area contributed by atoms with Gasteiger partial charge in [0.25, 0.3) is 0 Å². The smallest absolute Gasteiger partial charge is 0.407 e. The van der Waals surface area contributed by atoms with Crippen molar-refractivity contribution >= 4 is 38.5 Å². The number of sulfonamides is 1. The first kappa shape index (κ1) is 30.9. The highest BCUT2D eigenvalue weighted by Gasteiger charge is 2.24. The first-order chi connectivity index (χ1) is 21.1. The van der Waals surface area contributed by atoms with Crippen molar-refractivity contribution in [2.45, 2.75) is 32.2 Å². The molecule has 232 valence electrons. The lowest BCUT2D eigenvalue weighted by atomic mass is 10.0. The monoisotopic (exact) mass is 624 g/mol. The Morgan fingerprint density at radius 3 is 2.75 bits per heavy atom. The van der Waals surface area contributed by atoms with E-state index in [1.807, 2.05) is 6.92 Å². The fraction of sp³-hybridized carbons (Fsp3) is 0.333. The van der Waals surface area contributed by atoms with Crippen molar-refractivity contribution in [1.82, 2.24) is 19.9 Å². The summed E-state index contributed by atoms with van der Waals surface area (Å²) in [7, 11) is -2.36. The quantitative estimate of drug-likeness (QED) is 0.188. The lowest BCUT2D eigenvalue weighted by molar-refractivity contribution is 0.132. The van der Waals surface area contributed by atoms with Crippen LogP contribution < -0.4 is 14.8 Å². The number of nitrogens with zero attached hydrogens (tertiary/aromatic N) is 4. The molecule has 3 N–H and O–H groups in total.